The lowest BCUT2D eigenvalue weighted by Gasteiger charge is -2.14. The summed E-state index contributed by atoms with van der Waals surface area (Å²) in [6.45, 7) is 8.05. The minimum Gasteiger partial charge on any atom is -0.315 e. The first kappa shape index (κ1) is 20.9. The number of rotatable bonds is 15. The third-order valence-electron chi connectivity index (χ3n) is 3.72. The van der Waals surface area contributed by atoms with Crippen LogP contribution in [-0.2, 0) is 10.0 Å². The fraction of sp³-hybridized carbons (Fsp3) is 1.00. The van der Waals surface area contributed by atoms with Crippen molar-refractivity contribution in [2.45, 2.75) is 83.8 Å². The second-order valence-electron chi connectivity index (χ2n) is 5.93. The molecule has 1 atom stereocenters. The van der Waals surface area contributed by atoms with Gasteiger partial charge in [0.1, 0.15) is 0 Å². The summed E-state index contributed by atoms with van der Waals surface area (Å²) in [4.78, 5) is 0. The molecule has 5 heteroatoms. The van der Waals surface area contributed by atoms with Gasteiger partial charge in [-0.1, -0.05) is 58.8 Å². The van der Waals surface area contributed by atoms with Gasteiger partial charge in [0.25, 0.3) is 0 Å². The second kappa shape index (κ2) is 13.5. The average Bonchev–Trinajstić information content (AvgIpc) is 2.45. The number of nitrogens with one attached hydrogen (secondary N) is 2. The van der Waals surface area contributed by atoms with E-state index in [0.717, 1.165) is 25.8 Å². The smallest absolute Gasteiger partial charge is 0.215 e. The van der Waals surface area contributed by atoms with Crippen molar-refractivity contribution < 1.29 is 8.42 Å². The highest BCUT2D eigenvalue weighted by atomic mass is 32.2. The highest BCUT2D eigenvalue weighted by Crippen LogP contribution is 2.08. The zero-order chi connectivity index (χ0) is 16.0. The molecule has 0 aromatic rings. The maximum absolute atomic E-state index is 12.0. The van der Waals surface area contributed by atoms with Crippen LogP contribution in [0.4, 0.5) is 0 Å². The van der Waals surface area contributed by atoms with Crippen molar-refractivity contribution in [2.24, 2.45) is 0 Å². The normalized spacial score (nSPS) is 13.5. The van der Waals surface area contributed by atoms with E-state index in [1.54, 1.807) is 6.92 Å². The van der Waals surface area contributed by atoms with Crippen molar-refractivity contribution in [3.63, 3.8) is 0 Å². The van der Waals surface area contributed by atoms with E-state index >= 15 is 0 Å². The monoisotopic (exact) mass is 320 g/mol. The zero-order valence-electron chi connectivity index (χ0n) is 14.3. The van der Waals surface area contributed by atoms with Crippen LogP contribution in [0.25, 0.3) is 0 Å². The summed E-state index contributed by atoms with van der Waals surface area (Å²) >= 11 is 0. The first-order chi connectivity index (χ1) is 10.0. The molecule has 0 radical (unpaired) electrons. The Labute approximate surface area is 132 Å². The van der Waals surface area contributed by atoms with E-state index in [1.807, 2.05) is 0 Å². The van der Waals surface area contributed by atoms with Gasteiger partial charge in [-0.25, -0.2) is 13.1 Å². The van der Waals surface area contributed by atoms with Crippen molar-refractivity contribution in [3.05, 3.63) is 0 Å². The van der Waals surface area contributed by atoms with Gasteiger partial charge < -0.3 is 5.32 Å². The van der Waals surface area contributed by atoms with Crippen LogP contribution in [0.2, 0.25) is 0 Å². The Balaban J connectivity index is 3.56. The van der Waals surface area contributed by atoms with Crippen LogP contribution in [0.1, 0.15) is 78.6 Å². The minimum atomic E-state index is -3.16. The highest BCUT2D eigenvalue weighted by Gasteiger charge is 2.18. The average molecular weight is 321 g/mol. The largest absolute Gasteiger partial charge is 0.315 e. The molecule has 0 bridgehead atoms. The molecule has 2 N–H and O–H groups in total. The Morgan fingerprint density at radius 1 is 0.810 bits per heavy atom. The SMILES string of the molecule is CCCCCCCCCCNS(=O)(=O)C(C)CNCCC. The van der Waals surface area contributed by atoms with E-state index in [2.05, 4.69) is 23.9 Å². The van der Waals surface area contributed by atoms with Gasteiger partial charge in [0.05, 0.1) is 5.25 Å². The summed E-state index contributed by atoms with van der Waals surface area (Å²) in [5.41, 5.74) is 0. The quantitative estimate of drug-likeness (QED) is 0.454. The van der Waals surface area contributed by atoms with Crippen LogP contribution in [0.15, 0.2) is 0 Å². The van der Waals surface area contributed by atoms with Gasteiger partial charge in [0, 0.05) is 13.1 Å². The zero-order valence-corrected chi connectivity index (χ0v) is 15.1. The van der Waals surface area contributed by atoms with Crippen LogP contribution in [0.3, 0.4) is 0 Å². The topological polar surface area (TPSA) is 58.2 Å². The molecule has 0 spiro atoms. The molecule has 128 valence electrons. The summed E-state index contributed by atoms with van der Waals surface area (Å²) in [6, 6.07) is 0. The van der Waals surface area contributed by atoms with Gasteiger partial charge in [0.2, 0.25) is 10.0 Å². The molecule has 1 unspecified atom stereocenters. The van der Waals surface area contributed by atoms with Crippen LogP contribution in [0, 0.1) is 0 Å². The standard InChI is InChI=1S/C16H36N2O2S/c1-4-6-7-8-9-10-11-12-14-18-21(19,20)16(3)15-17-13-5-2/h16-18H,4-15H2,1-3H3. The Morgan fingerprint density at radius 2 is 1.38 bits per heavy atom. The third kappa shape index (κ3) is 12.1. The predicted molar refractivity (Wildman–Crippen MR) is 92.2 cm³/mol. The van der Waals surface area contributed by atoms with E-state index in [4.69, 9.17) is 0 Å². The van der Waals surface area contributed by atoms with Crippen molar-refractivity contribution in [1.29, 1.82) is 0 Å². The van der Waals surface area contributed by atoms with Crippen molar-refractivity contribution in [3.8, 4) is 0 Å². The maximum atomic E-state index is 12.0. The molecular weight excluding hydrogens is 284 g/mol. The van der Waals surface area contributed by atoms with Gasteiger partial charge in [-0.2, -0.15) is 0 Å². The molecule has 4 nitrogen and oxygen atoms in total. The van der Waals surface area contributed by atoms with E-state index in [-0.39, 0.29) is 5.25 Å². The van der Waals surface area contributed by atoms with Crippen LogP contribution < -0.4 is 10.0 Å². The molecule has 0 heterocycles. The second-order valence-corrected chi connectivity index (χ2v) is 8.11. The molecule has 0 saturated heterocycles. The number of hydrogen-bond donors (Lipinski definition) is 2. The summed E-state index contributed by atoms with van der Waals surface area (Å²) in [5.74, 6) is 0. The van der Waals surface area contributed by atoms with Gasteiger partial charge in [-0.05, 0) is 26.3 Å². The van der Waals surface area contributed by atoms with Crippen molar-refractivity contribution >= 4 is 10.0 Å². The van der Waals surface area contributed by atoms with Gasteiger partial charge in [0.15, 0.2) is 0 Å². The number of sulfonamides is 1. The van der Waals surface area contributed by atoms with E-state index in [1.165, 1.54) is 38.5 Å². The Bertz CT molecular complexity index is 318. The fourth-order valence-electron chi connectivity index (χ4n) is 2.21. The molecule has 0 amide bonds. The predicted octanol–water partition coefficient (Wildman–Crippen LogP) is 3.43. The van der Waals surface area contributed by atoms with Gasteiger partial charge in [-0.3, -0.25) is 0 Å². The summed E-state index contributed by atoms with van der Waals surface area (Å²) in [7, 11) is -3.16. The first-order valence-corrected chi connectivity index (χ1v) is 10.3. The molecule has 0 aromatic heterocycles. The van der Waals surface area contributed by atoms with Crippen molar-refractivity contribution in [2.75, 3.05) is 19.6 Å². The summed E-state index contributed by atoms with van der Waals surface area (Å²) in [6.07, 6.45) is 10.9. The highest BCUT2D eigenvalue weighted by molar-refractivity contribution is 7.90. The fourth-order valence-corrected chi connectivity index (χ4v) is 3.26. The number of unbranched alkanes of at least 4 members (excludes halogenated alkanes) is 7. The molecule has 21 heavy (non-hydrogen) atoms. The summed E-state index contributed by atoms with van der Waals surface area (Å²) < 4.78 is 26.7. The van der Waals surface area contributed by atoms with Crippen LogP contribution in [-0.4, -0.2) is 33.3 Å². The number of hydrogen-bond acceptors (Lipinski definition) is 3. The van der Waals surface area contributed by atoms with E-state index in [0.29, 0.717) is 13.1 Å². The molecule has 0 aliphatic heterocycles. The minimum absolute atomic E-state index is 0.363. The first-order valence-electron chi connectivity index (χ1n) is 8.73. The van der Waals surface area contributed by atoms with Crippen molar-refractivity contribution in [1.82, 2.24) is 10.0 Å². The van der Waals surface area contributed by atoms with Gasteiger partial charge in [-0.15, -0.1) is 0 Å². The van der Waals surface area contributed by atoms with E-state index < -0.39 is 10.0 Å². The lowest BCUT2D eigenvalue weighted by molar-refractivity contribution is 0.545. The molecule has 0 aliphatic carbocycles. The van der Waals surface area contributed by atoms with Crippen LogP contribution in [0.5, 0.6) is 0 Å². The maximum Gasteiger partial charge on any atom is 0.215 e. The third-order valence-corrected chi connectivity index (χ3v) is 5.55. The Morgan fingerprint density at radius 3 is 1.95 bits per heavy atom. The molecule has 0 rings (SSSR count). The molecule has 0 fully saturated rings. The Kier molecular flexibility index (Phi) is 13.4. The van der Waals surface area contributed by atoms with Crippen LogP contribution >= 0.6 is 0 Å². The molecule has 0 aliphatic rings. The lowest BCUT2D eigenvalue weighted by Crippen LogP contribution is -2.39. The molecule has 0 aromatic carbocycles. The van der Waals surface area contributed by atoms with Gasteiger partial charge >= 0.3 is 0 Å². The molecule has 0 saturated carbocycles. The summed E-state index contributed by atoms with van der Waals surface area (Å²) in [5, 5.41) is 2.79. The lowest BCUT2D eigenvalue weighted by atomic mass is 10.1. The Hall–Kier alpha value is -0.130. The molecular formula is C16H36N2O2S. The van der Waals surface area contributed by atoms with E-state index in [9.17, 15) is 8.42 Å².